The molecule has 0 aromatic rings. The first-order valence-electron chi connectivity index (χ1n) is 7.39. The van der Waals surface area contributed by atoms with E-state index in [9.17, 15) is 0 Å². The molecule has 2 saturated heterocycles. The Morgan fingerprint density at radius 1 is 1.18 bits per heavy atom. The van der Waals surface area contributed by atoms with E-state index in [1.54, 1.807) is 0 Å². The molecule has 0 radical (unpaired) electrons. The molecule has 0 aromatic carbocycles. The van der Waals surface area contributed by atoms with Crippen molar-refractivity contribution in [2.45, 2.75) is 38.6 Å². The van der Waals surface area contributed by atoms with Crippen molar-refractivity contribution >= 4 is 0 Å². The van der Waals surface area contributed by atoms with E-state index in [1.807, 2.05) is 0 Å². The summed E-state index contributed by atoms with van der Waals surface area (Å²) in [5.74, 6) is 0.999. The Labute approximate surface area is 107 Å². The van der Waals surface area contributed by atoms with Gasteiger partial charge in [-0.15, -0.1) is 0 Å². The van der Waals surface area contributed by atoms with Crippen molar-refractivity contribution in [2.75, 3.05) is 46.3 Å². The predicted molar refractivity (Wildman–Crippen MR) is 73.4 cm³/mol. The lowest BCUT2D eigenvalue weighted by molar-refractivity contribution is 0.0966. The molecule has 0 amide bonds. The van der Waals surface area contributed by atoms with Crippen LogP contribution in [0.4, 0.5) is 0 Å². The maximum atomic E-state index is 3.45. The molecule has 0 spiro atoms. The number of likely N-dealkylation sites (N-methyl/N-ethyl adjacent to an activating group) is 1. The van der Waals surface area contributed by atoms with Crippen molar-refractivity contribution in [2.24, 2.45) is 5.92 Å². The minimum Gasteiger partial charge on any atom is -0.317 e. The van der Waals surface area contributed by atoms with Crippen molar-refractivity contribution in [3.63, 3.8) is 0 Å². The van der Waals surface area contributed by atoms with Gasteiger partial charge in [0.2, 0.25) is 0 Å². The average molecular weight is 239 g/mol. The van der Waals surface area contributed by atoms with Crippen LogP contribution in [-0.4, -0.2) is 62.2 Å². The van der Waals surface area contributed by atoms with Gasteiger partial charge in [0.15, 0.2) is 0 Å². The number of nitrogens with zero attached hydrogens (tertiary/aromatic N) is 2. The average Bonchev–Trinajstić information content (AvgIpc) is 2.33. The van der Waals surface area contributed by atoms with Gasteiger partial charge in [0.1, 0.15) is 0 Å². The zero-order chi connectivity index (χ0) is 12.1. The summed E-state index contributed by atoms with van der Waals surface area (Å²) in [6, 6.07) is 0.752. The van der Waals surface area contributed by atoms with Gasteiger partial charge in [0.25, 0.3) is 0 Å². The first kappa shape index (κ1) is 13.3. The number of nitrogens with one attached hydrogen (secondary N) is 1. The van der Waals surface area contributed by atoms with Crippen molar-refractivity contribution in [3.8, 4) is 0 Å². The summed E-state index contributed by atoms with van der Waals surface area (Å²) >= 11 is 0. The van der Waals surface area contributed by atoms with Crippen LogP contribution in [0.1, 0.15) is 32.6 Å². The Balaban J connectivity index is 1.61. The molecular weight excluding hydrogens is 210 g/mol. The van der Waals surface area contributed by atoms with Gasteiger partial charge in [-0.3, -0.25) is 4.90 Å². The van der Waals surface area contributed by atoms with Crippen LogP contribution in [0.15, 0.2) is 0 Å². The molecule has 0 aliphatic carbocycles. The second kappa shape index (κ2) is 6.72. The van der Waals surface area contributed by atoms with Gasteiger partial charge in [0, 0.05) is 25.7 Å². The summed E-state index contributed by atoms with van der Waals surface area (Å²) in [5.41, 5.74) is 0. The molecule has 1 N–H and O–H groups in total. The smallest absolute Gasteiger partial charge is 0.0195 e. The van der Waals surface area contributed by atoms with Crippen molar-refractivity contribution in [3.05, 3.63) is 0 Å². The summed E-state index contributed by atoms with van der Waals surface area (Å²) in [5, 5.41) is 3.45. The number of piperidine rings is 1. The maximum Gasteiger partial charge on any atom is 0.0195 e. The van der Waals surface area contributed by atoms with E-state index < -0.39 is 0 Å². The third kappa shape index (κ3) is 4.23. The number of hydrogen-bond acceptors (Lipinski definition) is 3. The van der Waals surface area contributed by atoms with Gasteiger partial charge in [-0.1, -0.05) is 0 Å². The van der Waals surface area contributed by atoms with Gasteiger partial charge >= 0.3 is 0 Å². The van der Waals surface area contributed by atoms with Crippen molar-refractivity contribution < 1.29 is 0 Å². The van der Waals surface area contributed by atoms with E-state index in [1.165, 1.54) is 65.0 Å². The Hall–Kier alpha value is -0.120. The van der Waals surface area contributed by atoms with E-state index >= 15 is 0 Å². The van der Waals surface area contributed by atoms with Crippen LogP contribution in [0.2, 0.25) is 0 Å². The second-order valence-electron chi connectivity index (χ2n) is 5.98. The first-order chi connectivity index (χ1) is 8.25. The third-order valence-electron chi connectivity index (χ3n) is 4.48. The fourth-order valence-electron chi connectivity index (χ4n) is 3.26. The van der Waals surface area contributed by atoms with Crippen LogP contribution < -0.4 is 5.32 Å². The molecule has 0 bridgehead atoms. The lowest BCUT2D eigenvalue weighted by atomic mass is 9.93. The van der Waals surface area contributed by atoms with Crippen LogP contribution in [0, 0.1) is 5.92 Å². The quantitative estimate of drug-likeness (QED) is 0.800. The molecule has 1 atom stereocenters. The highest BCUT2D eigenvalue weighted by atomic mass is 15.3. The Morgan fingerprint density at radius 2 is 1.94 bits per heavy atom. The third-order valence-corrected chi connectivity index (χ3v) is 4.48. The molecule has 2 aliphatic rings. The standard InChI is InChI=1S/C14H29N3/c1-13-12-16(2)10-11-17(13)9-3-4-14-5-7-15-8-6-14/h13-15H,3-12H2,1-2H3. The Kier molecular flexibility index (Phi) is 5.26. The second-order valence-corrected chi connectivity index (χ2v) is 5.98. The van der Waals surface area contributed by atoms with Crippen molar-refractivity contribution in [1.29, 1.82) is 0 Å². The van der Waals surface area contributed by atoms with Crippen molar-refractivity contribution in [1.82, 2.24) is 15.1 Å². The molecule has 3 heteroatoms. The zero-order valence-electron chi connectivity index (χ0n) is 11.6. The number of piperazine rings is 1. The summed E-state index contributed by atoms with van der Waals surface area (Å²) in [6.07, 6.45) is 5.65. The van der Waals surface area contributed by atoms with Crippen LogP contribution in [0.3, 0.4) is 0 Å². The van der Waals surface area contributed by atoms with E-state index in [0.717, 1.165) is 12.0 Å². The number of hydrogen-bond donors (Lipinski definition) is 1. The molecular formula is C14H29N3. The SMILES string of the molecule is CC1CN(C)CCN1CCCC1CCNCC1. The van der Waals surface area contributed by atoms with Crippen LogP contribution in [-0.2, 0) is 0 Å². The van der Waals surface area contributed by atoms with Gasteiger partial charge < -0.3 is 10.2 Å². The molecule has 2 heterocycles. The summed E-state index contributed by atoms with van der Waals surface area (Å²) in [7, 11) is 2.24. The van der Waals surface area contributed by atoms with E-state index in [2.05, 4.69) is 29.1 Å². The maximum absolute atomic E-state index is 3.45. The fourth-order valence-corrected chi connectivity index (χ4v) is 3.26. The fraction of sp³-hybridized carbons (Fsp3) is 1.00. The lowest BCUT2D eigenvalue weighted by Gasteiger charge is -2.38. The lowest BCUT2D eigenvalue weighted by Crippen LogP contribution is -2.50. The first-order valence-corrected chi connectivity index (χ1v) is 7.39. The molecule has 0 aromatic heterocycles. The predicted octanol–water partition coefficient (Wildman–Crippen LogP) is 1.40. The minimum atomic E-state index is 0.752. The summed E-state index contributed by atoms with van der Waals surface area (Å²) in [4.78, 5) is 5.13. The topological polar surface area (TPSA) is 18.5 Å². The molecule has 2 aliphatic heterocycles. The van der Waals surface area contributed by atoms with Gasteiger partial charge in [0.05, 0.1) is 0 Å². The van der Waals surface area contributed by atoms with E-state index in [0.29, 0.717) is 0 Å². The zero-order valence-corrected chi connectivity index (χ0v) is 11.6. The molecule has 1 unspecified atom stereocenters. The normalized spacial score (nSPS) is 29.6. The minimum absolute atomic E-state index is 0.752. The van der Waals surface area contributed by atoms with Gasteiger partial charge in [-0.25, -0.2) is 0 Å². The highest BCUT2D eigenvalue weighted by molar-refractivity contribution is 4.77. The van der Waals surface area contributed by atoms with E-state index in [-0.39, 0.29) is 0 Å². The molecule has 2 fully saturated rings. The highest BCUT2D eigenvalue weighted by Gasteiger charge is 2.21. The summed E-state index contributed by atoms with van der Waals surface area (Å²) < 4.78 is 0. The van der Waals surface area contributed by atoms with Gasteiger partial charge in [-0.2, -0.15) is 0 Å². The van der Waals surface area contributed by atoms with Crippen LogP contribution in [0.25, 0.3) is 0 Å². The number of rotatable bonds is 4. The molecule has 3 nitrogen and oxygen atoms in total. The Morgan fingerprint density at radius 3 is 2.65 bits per heavy atom. The monoisotopic (exact) mass is 239 g/mol. The molecule has 2 rings (SSSR count). The van der Waals surface area contributed by atoms with Crippen LogP contribution >= 0.6 is 0 Å². The van der Waals surface area contributed by atoms with Crippen LogP contribution in [0.5, 0.6) is 0 Å². The Bertz CT molecular complexity index is 214. The largest absolute Gasteiger partial charge is 0.317 e. The highest BCUT2D eigenvalue weighted by Crippen LogP contribution is 2.18. The van der Waals surface area contributed by atoms with Gasteiger partial charge in [-0.05, 0) is 65.2 Å². The molecule has 0 saturated carbocycles. The summed E-state index contributed by atoms with van der Waals surface area (Å²) in [6.45, 7) is 9.94. The molecule has 17 heavy (non-hydrogen) atoms. The molecule has 100 valence electrons. The van der Waals surface area contributed by atoms with E-state index in [4.69, 9.17) is 0 Å².